The molecule has 1 amide bonds. The maximum Gasteiger partial charge on any atom is 0.265 e. The largest absolute Gasteiger partial charge is 0.287 e. The Hall–Kier alpha value is -2.11. The van der Waals surface area contributed by atoms with Gasteiger partial charge in [0.1, 0.15) is 0 Å². The van der Waals surface area contributed by atoms with Crippen LogP contribution in [0.5, 0.6) is 0 Å². The molecule has 6 nitrogen and oxygen atoms in total. The Kier molecular flexibility index (Phi) is 2.24. The van der Waals surface area contributed by atoms with Crippen molar-refractivity contribution < 1.29 is 4.79 Å². The number of rotatable bonds is 1. The Morgan fingerprint density at radius 1 is 1.53 bits per heavy atom. The Morgan fingerprint density at radius 3 is 3.07 bits per heavy atom. The molecule has 2 rings (SSSR count). The lowest BCUT2D eigenvalue weighted by atomic mass is 10.2. The van der Waals surface area contributed by atoms with Gasteiger partial charge in [-0.1, -0.05) is 11.5 Å². The first-order valence-electron chi connectivity index (χ1n) is 3.93. The number of carbonyl (C=O) groups is 1. The number of hydrogen-bond acceptors (Lipinski definition) is 3. The lowest BCUT2D eigenvalue weighted by Gasteiger charge is -1.92. The molecular weight excluding hydrogens is 216 g/mol. The number of H-pyrrole nitrogens is 1. The third kappa shape index (κ3) is 1.61. The summed E-state index contributed by atoms with van der Waals surface area (Å²) in [5.41, 5.74) is 8.06. The van der Waals surface area contributed by atoms with E-state index in [1.807, 2.05) is 0 Å². The first kappa shape index (κ1) is 9.45. The van der Waals surface area contributed by atoms with E-state index in [1.54, 1.807) is 6.07 Å². The molecule has 1 N–H and O–H groups in total. The van der Waals surface area contributed by atoms with Gasteiger partial charge in [-0.2, -0.15) is 0 Å². The second-order valence-electron chi connectivity index (χ2n) is 2.74. The predicted molar refractivity (Wildman–Crippen MR) is 55.9 cm³/mol. The summed E-state index contributed by atoms with van der Waals surface area (Å²) in [5.74, 6) is -0.690. The molecule has 0 fully saturated rings. The quantitative estimate of drug-likeness (QED) is 0.451. The summed E-state index contributed by atoms with van der Waals surface area (Å²) in [4.78, 5) is 24.8. The van der Waals surface area contributed by atoms with Gasteiger partial charge in [-0.05, 0) is 28.8 Å². The van der Waals surface area contributed by atoms with Gasteiger partial charge in [-0.25, -0.2) is 0 Å². The molecule has 0 aliphatic heterocycles. The molecule has 0 saturated carbocycles. The highest BCUT2D eigenvalue weighted by atomic mass is 32.1. The molecule has 0 saturated heterocycles. The van der Waals surface area contributed by atoms with E-state index in [4.69, 9.17) is 5.53 Å². The molecule has 0 bridgehead atoms. The first-order chi connectivity index (χ1) is 7.22. The van der Waals surface area contributed by atoms with Gasteiger partial charge in [-0.15, -0.1) is 0 Å². The van der Waals surface area contributed by atoms with E-state index in [0.29, 0.717) is 5.39 Å². The van der Waals surface area contributed by atoms with Crippen LogP contribution >= 0.6 is 11.5 Å². The summed E-state index contributed by atoms with van der Waals surface area (Å²) in [5, 5.41) is 3.38. The van der Waals surface area contributed by atoms with Crippen LogP contribution in [0.3, 0.4) is 0 Å². The molecule has 1 aromatic carbocycles. The van der Waals surface area contributed by atoms with E-state index in [9.17, 15) is 9.59 Å². The number of aromatic amines is 1. The first-order valence-corrected chi connectivity index (χ1v) is 4.74. The van der Waals surface area contributed by atoms with Crippen molar-refractivity contribution in [2.75, 3.05) is 0 Å². The van der Waals surface area contributed by atoms with Crippen LogP contribution in [0.4, 0.5) is 0 Å². The van der Waals surface area contributed by atoms with Gasteiger partial charge in [-0.3, -0.25) is 14.0 Å². The van der Waals surface area contributed by atoms with E-state index in [-0.39, 0.29) is 11.1 Å². The summed E-state index contributed by atoms with van der Waals surface area (Å²) in [7, 11) is 0. The van der Waals surface area contributed by atoms with Crippen LogP contribution in [0.15, 0.2) is 28.1 Å². The zero-order valence-electron chi connectivity index (χ0n) is 7.30. The number of nitrogens with one attached hydrogen (secondary N) is 1. The fraction of sp³-hybridized carbons (Fsp3) is 0. The average molecular weight is 220 g/mol. The lowest BCUT2D eigenvalue weighted by Crippen LogP contribution is -1.99. The Balaban J connectivity index is 2.64. The zero-order valence-corrected chi connectivity index (χ0v) is 8.11. The standard InChI is InChI=1S/C8H4N4O2S/c9-12-10-7(13)4-1-2-6-5(3-4)8(14)11-15-6/h1-3H,(H,11,14). The maximum absolute atomic E-state index is 11.3. The minimum atomic E-state index is -0.690. The molecule has 0 atom stereocenters. The number of aromatic nitrogens is 1. The molecule has 0 spiro atoms. The number of hydrogen-bond donors (Lipinski definition) is 1. The molecule has 0 radical (unpaired) electrons. The minimum absolute atomic E-state index is 0.212. The van der Waals surface area contributed by atoms with Gasteiger partial charge < -0.3 is 0 Å². The number of fused-ring (bicyclic) bond motifs is 1. The molecule has 74 valence electrons. The summed E-state index contributed by atoms with van der Waals surface area (Å²) < 4.78 is 3.31. The molecule has 0 aliphatic carbocycles. The topological polar surface area (TPSA) is 98.7 Å². The van der Waals surface area contributed by atoms with Crippen molar-refractivity contribution in [3.05, 3.63) is 44.6 Å². The van der Waals surface area contributed by atoms with Crippen molar-refractivity contribution in [2.24, 2.45) is 5.11 Å². The average Bonchev–Trinajstić information content (AvgIpc) is 2.60. The minimum Gasteiger partial charge on any atom is -0.287 e. The second-order valence-corrected chi connectivity index (χ2v) is 3.59. The maximum atomic E-state index is 11.3. The van der Waals surface area contributed by atoms with Gasteiger partial charge in [0.25, 0.3) is 5.56 Å². The number of benzene rings is 1. The molecule has 1 heterocycles. The van der Waals surface area contributed by atoms with Crippen LogP contribution in [0.2, 0.25) is 0 Å². The van der Waals surface area contributed by atoms with Gasteiger partial charge >= 0.3 is 0 Å². The van der Waals surface area contributed by atoms with Crippen molar-refractivity contribution in [3.8, 4) is 0 Å². The number of nitrogens with zero attached hydrogens (tertiary/aromatic N) is 3. The molecule has 2 aromatic rings. The third-order valence-electron chi connectivity index (χ3n) is 1.86. The molecule has 0 aliphatic rings. The van der Waals surface area contributed by atoms with Crippen molar-refractivity contribution in [2.45, 2.75) is 0 Å². The predicted octanol–water partition coefficient (Wildman–Crippen LogP) is 2.04. The zero-order chi connectivity index (χ0) is 10.8. The Labute approximate surface area is 86.9 Å². The third-order valence-corrected chi connectivity index (χ3v) is 2.72. The van der Waals surface area contributed by atoms with Crippen LogP contribution in [-0.4, -0.2) is 10.3 Å². The van der Waals surface area contributed by atoms with Gasteiger partial charge in [0.05, 0.1) is 10.1 Å². The van der Waals surface area contributed by atoms with Crippen LogP contribution in [0.1, 0.15) is 10.4 Å². The summed E-state index contributed by atoms with van der Waals surface area (Å²) in [6, 6.07) is 4.57. The van der Waals surface area contributed by atoms with Gasteiger partial charge in [0, 0.05) is 10.5 Å². The summed E-state index contributed by atoms with van der Waals surface area (Å²) in [6.45, 7) is 0. The van der Waals surface area contributed by atoms with Gasteiger partial charge in [0.15, 0.2) is 0 Å². The van der Waals surface area contributed by atoms with E-state index < -0.39 is 5.91 Å². The van der Waals surface area contributed by atoms with E-state index in [0.717, 1.165) is 4.70 Å². The fourth-order valence-electron chi connectivity index (χ4n) is 1.18. The molecule has 7 heteroatoms. The van der Waals surface area contributed by atoms with Crippen LogP contribution in [0.25, 0.3) is 20.5 Å². The number of azide groups is 1. The number of carbonyl (C=O) groups excluding carboxylic acids is 1. The molecule has 0 unspecified atom stereocenters. The molecular formula is C8H4N4O2S. The van der Waals surface area contributed by atoms with Crippen molar-refractivity contribution in [1.29, 1.82) is 0 Å². The second kappa shape index (κ2) is 3.56. The summed E-state index contributed by atoms with van der Waals surface area (Å²) >= 11 is 1.20. The van der Waals surface area contributed by atoms with Crippen LogP contribution in [-0.2, 0) is 0 Å². The Bertz CT molecular complexity index is 635. The lowest BCUT2D eigenvalue weighted by molar-refractivity contribution is 0.100. The Morgan fingerprint density at radius 2 is 2.33 bits per heavy atom. The highest BCUT2D eigenvalue weighted by Gasteiger charge is 2.07. The van der Waals surface area contributed by atoms with Crippen LogP contribution < -0.4 is 5.56 Å². The molecule has 15 heavy (non-hydrogen) atoms. The normalized spacial score (nSPS) is 9.87. The fourth-order valence-corrected chi connectivity index (χ4v) is 1.89. The summed E-state index contributed by atoms with van der Waals surface area (Å²) in [6.07, 6.45) is 0. The monoisotopic (exact) mass is 220 g/mol. The highest BCUT2D eigenvalue weighted by molar-refractivity contribution is 7.13. The SMILES string of the molecule is [N-]=[N+]=NC(=O)c1ccc2s[nH]c(=O)c2c1. The van der Waals surface area contributed by atoms with Crippen molar-refractivity contribution in [1.82, 2.24) is 4.37 Å². The van der Waals surface area contributed by atoms with E-state index in [2.05, 4.69) is 14.4 Å². The smallest absolute Gasteiger partial charge is 0.265 e. The van der Waals surface area contributed by atoms with Gasteiger partial charge in [0.2, 0.25) is 5.91 Å². The van der Waals surface area contributed by atoms with Crippen LogP contribution in [0, 0.1) is 0 Å². The van der Waals surface area contributed by atoms with Crippen molar-refractivity contribution in [3.63, 3.8) is 0 Å². The molecule has 1 aromatic heterocycles. The van der Waals surface area contributed by atoms with Crippen molar-refractivity contribution >= 4 is 27.5 Å². The highest BCUT2D eigenvalue weighted by Crippen LogP contribution is 2.16. The van der Waals surface area contributed by atoms with E-state index >= 15 is 0 Å². The number of amides is 1. The van der Waals surface area contributed by atoms with E-state index in [1.165, 1.54) is 23.7 Å².